The Hall–Kier alpha value is -3.62. The Morgan fingerprint density at radius 1 is 1.27 bits per heavy atom. The Kier molecular flexibility index (Phi) is 4.23. The third kappa shape index (κ3) is 2.62. The third-order valence-electron chi connectivity index (χ3n) is 5.57. The first kappa shape index (κ1) is 19.7. The topological polar surface area (TPSA) is 111 Å². The molecule has 9 nitrogen and oxygen atoms in total. The molecule has 2 unspecified atom stereocenters. The number of hydrogen-bond donors (Lipinski definition) is 0. The van der Waals surface area contributed by atoms with Crippen LogP contribution in [-0.2, 0) is 25.3 Å². The number of halogens is 3. The minimum atomic E-state index is -4.86. The quantitative estimate of drug-likeness (QED) is 0.377. The fraction of sp³-hybridized carbons (Fsp3) is 0.389. The van der Waals surface area contributed by atoms with Gasteiger partial charge in [-0.25, -0.2) is 14.5 Å². The summed E-state index contributed by atoms with van der Waals surface area (Å²) < 4.78 is 44.2. The summed E-state index contributed by atoms with van der Waals surface area (Å²) in [6, 6.07) is 0.767. The van der Waals surface area contributed by atoms with Gasteiger partial charge in [-0.1, -0.05) is 0 Å². The first-order valence-corrected chi connectivity index (χ1v) is 8.76. The highest BCUT2D eigenvalue weighted by molar-refractivity contribution is 6.33. The van der Waals surface area contributed by atoms with Crippen LogP contribution in [0.4, 0.5) is 23.7 Å². The molecule has 30 heavy (non-hydrogen) atoms. The number of ether oxygens (including phenoxy) is 1. The van der Waals surface area contributed by atoms with Crippen molar-refractivity contribution >= 4 is 29.5 Å². The zero-order valence-corrected chi connectivity index (χ0v) is 15.3. The van der Waals surface area contributed by atoms with Gasteiger partial charge in [-0.2, -0.15) is 18.4 Å². The molecule has 12 heteroatoms. The van der Waals surface area contributed by atoms with Gasteiger partial charge in [0.1, 0.15) is 6.04 Å². The van der Waals surface area contributed by atoms with Crippen molar-refractivity contribution in [2.45, 2.75) is 30.7 Å². The summed E-state index contributed by atoms with van der Waals surface area (Å²) in [6.45, 7) is 0.0170. The van der Waals surface area contributed by atoms with Crippen LogP contribution < -0.4 is 4.90 Å². The number of piperazine rings is 1. The highest BCUT2D eigenvalue weighted by Gasteiger charge is 2.63. The number of carbonyl (C=O) groups is 4. The predicted octanol–water partition coefficient (Wildman–Crippen LogP) is 0.870. The van der Waals surface area contributed by atoms with Gasteiger partial charge < -0.3 is 14.5 Å². The van der Waals surface area contributed by atoms with Crippen LogP contribution >= 0.6 is 0 Å². The molecule has 0 aromatic heterocycles. The number of esters is 1. The normalized spacial score (nSPS) is 24.9. The fourth-order valence-electron chi connectivity index (χ4n) is 4.34. The molecule has 3 aliphatic rings. The van der Waals surface area contributed by atoms with Gasteiger partial charge >= 0.3 is 24.1 Å². The van der Waals surface area contributed by atoms with Gasteiger partial charge in [0.2, 0.25) is 0 Å². The Morgan fingerprint density at radius 2 is 1.97 bits per heavy atom. The molecule has 0 saturated carbocycles. The number of anilines is 1. The largest absolute Gasteiger partial charge is 0.462 e. The minimum Gasteiger partial charge on any atom is -0.462 e. The van der Waals surface area contributed by atoms with Crippen molar-refractivity contribution in [3.63, 3.8) is 0 Å². The zero-order chi connectivity index (χ0) is 22.0. The zero-order valence-electron chi connectivity index (χ0n) is 15.3. The van der Waals surface area contributed by atoms with Crippen molar-refractivity contribution < 1.29 is 37.1 Å². The van der Waals surface area contributed by atoms with E-state index in [0.29, 0.717) is 11.0 Å². The molecule has 3 fully saturated rings. The average molecular weight is 422 g/mol. The van der Waals surface area contributed by atoms with Crippen LogP contribution in [-0.4, -0.2) is 65.4 Å². The number of fused-ring (bicyclic) bond motifs is 5. The fourth-order valence-corrected chi connectivity index (χ4v) is 4.34. The van der Waals surface area contributed by atoms with Gasteiger partial charge in [0.15, 0.2) is 0 Å². The second kappa shape index (κ2) is 6.45. The Labute approximate surface area is 167 Å². The highest BCUT2D eigenvalue weighted by atomic mass is 19.4. The maximum absolute atomic E-state index is 13.3. The summed E-state index contributed by atoms with van der Waals surface area (Å²) in [6.07, 6.45) is -4.58. The monoisotopic (exact) mass is 422 g/mol. The van der Waals surface area contributed by atoms with E-state index < -0.39 is 59.2 Å². The third-order valence-corrected chi connectivity index (χ3v) is 5.57. The van der Waals surface area contributed by atoms with Crippen molar-refractivity contribution in [3.05, 3.63) is 29.3 Å². The van der Waals surface area contributed by atoms with E-state index in [1.165, 1.54) is 11.0 Å². The minimum absolute atomic E-state index is 0.0170. The van der Waals surface area contributed by atoms with Crippen LogP contribution in [0, 0.1) is 11.3 Å². The molecule has 3 aliphatic heterocycles. The van der Waals surface area contributed by atoms with E-state index in [-0.39, 0.29) is 18.7 Å². The summed E-state index contributed by atoms with van der Waals surface area (Å²) in [5.41, 5.74) is -2.22. The summed E-state index contributed by atoms with van der Waals surface area (Å²) in [4.78, 5) is 52.6. The number of likely N-dealkylation sites (tertiary alicyclic amines) is 1. The number of rotatable bonds is 1. The lowest BCUT2D eigenvalue weighted by molar-refractivity contribution is -0.160. The molecule has 3 heterocycles. The van der Waals surface area contributed by atoms with Gasteiger partial charge in [0.05, 0.1) is 42.1 Å². The molecule has 0 aliphatic carbocycles. The smallest absolute Gasteiger partial charge is 0.417 e. The number of nitrogens with zero attached hydrogens (tertiary/aromatic N) is 4. The Morgan fingerprint density at radius 3 is 2.57 bits per heavy atom. The molecule has 0 spiro atoms. The number of carbonyl (C=O) groups excluding carboxylic acids is 4. The van der Waals surface area contributed by atoms with Crippen LogP contribution in [0.2, 0.25) is 0 Å². The highest BCUT2D eigenvalue weighted by Crippen LogP contribution is 2.43. The van der Waals surface area contributed by atoms with E-state index in [1.807, 2.05) is 0 Å². The average Bonchev–Trinajstić information content (AvgIpc) is 3.37. The molecular formula is C18H13F3N4O5. The summed E-state index contributed by atoms with van der Waals surface area (Å²) in [7, 11) is 1.04. The second-order valence-electron chi connectivity index (χ2n) is 7.05. The maximum Gasteiger partial charge on any atom is 0.417 e. The van der Waals surface area contributed by atoms with Crippen molar-refractivity contribution in [1.29, 1.82) is 5.26 Å². The lowest BCUT2D eigenvalue weighted by atomic mass is 10.1. The van der Waals surface area contributed by atoms with E-state index in [9.17, 15) is 32.3 Å². The van der Waals surface area contributed by atoms with Crippen LogP contribution in [0.3, 0.4) is 0 Å². The number of hydrogen-bond acceptors (Lipinski definition) is 6. The number of nitriles is 1. The number of methoxy groups -OCH3 is 1. The molecule has 2 bridgehead atoms. The van der Waals surface area contributed by atoms with Gasteiger partial charge in [-0.3, -0.25) is 9.59 Å². The van der Waals surface area contributed by atoms with Gasteiger partial charge in [-0.15, -0.1) is 0 Å². The van der Waals surface area contributed by atoms with Crippen molar-refractivity contribution in [2.75, 3.05) is 18.6 Å². The maximum atomic E-state index is 13.3. The molecular weight excluding hydrogens is 409 g/mol. The van der Waals surface area contributed by atoms with E-state index in [2.05, 4.69) is 4.74 Å². The first-order valence-electron chi connectivity index (χ1n) is 8.76. The number of urea groups is 1. The van der Waals surface area contributed by atoms with Crippen LogP contribution in [0.25, 0.3) is 0 Å². The van der Waals surface area contributed by atoms with E-state index >= 15 is 0 Å². The molecule has 0 radical (unpaired) electrons. The van der Waals surface area contributed by atoms with Crippen LogP contribution in [0.15, 0.2) is 18.2 Å². The van der Waals surface area contributed by atoms with Crippen molar-refractivity contribution in [2.24, 2.45) is 0 Å². The molecule has 156 valence electrons. The standard InChI is InChI=1S/C18H13F3N4O5/c1-30-16(28)15(27)23-7-10-5-12(23)13-14(26)25(17(29)24(10)13)9-3-2-8(6-22)11(4-9)18(19,20)21/h2-4,10,12-13H,5,7H2,1H3/t10?,12?,13-/m1/s1. The van der Waals surface area contributed by atoms with E-state index in [1.54, 1.807) is 0 Å². The molecule has 0 N–H and O–H groups in total. The lowest BCUT2D eigenvalue weighted by Crippen LogP contribution is -2.56. The van der Waals surface area contributed by atoms with Gasteiger partial charge in [-0.05, 0) is 24.6 Å². The van der Waals surface area contributed by atoms with E-state index in [0.717, 1.165) is 24.1 Å². The predicted molar refractivity (Wildman–Crippen MR) is 90.6 cm³/mol. The van der Waals surface area contributed by atoms with E-state index in [4.69, 9.17) is 5.26 Å². The number of benzene rings is 1. The molecule has 4 rings (SSSR count). The second-order valence-corrected chi connectivity index (χ2v) is 7.05. The number of amides is 4. The number of alkyl halides is 3. The summed E-state index contributed by atoms with van der Waals surface area (Å²) in [5.74, 6) is -2.85. The van der Waals surface area contributed by atoms with Crippen LogP contribution in [0.5, 0.6) is 0 Å². The first-order chi connectivity index (χ1) is 14.1. The SMILES string of the molecule is COC(=O)C(=O)N1CC2CC1[C@@H]1C(=O)N(c3ccc(C#N)c(C(F)(F)F)c3)C(=O)N21. The van der Waals surface area contributed by atoms with Crippen LogP contribution in [0.1, 0.15) is 17.5 Å². The molecule has 3 atom stereocenters. The summed E-state index contributed by atoms with van der Waals surface area (Å²) >= 11 is 0. The Balaban J connectivity index is 1.68. The number of imide groups is 1. The molecule has 4 amide bonds. The molecule has 1 aromatic carbocycles. The van der Waals surface area contributed by atoms with Gasteiger partial charge in [0.25, 0.3) is 5.91 Å². The Bertz CT molecular complexity index is 1030. The van der Waals surface area contributed by atoms with Crippen molar-refractivity contribution in [1.82, 2.24) is 9.80 Å². The summed E-state index contributed by atoms with van der Waals surface area (Å²) in [5, 5.41) is 8.92. The molecule has 3 saturated heterocycles. The van der Waals surface area contributed by atoms with Gasteiger partial charge in [0, 0.05) is 6.54 Å². The molecule has 1 aromatic rings. The lowest BCUT2D eigenvalue weighted by Gasteiger charge is -2.34. The van der Waals surface area contributed by atoms with Crippen molar-refractivity contribution in [3.8, 4) is 6.07 Å².